The van der Waals surface area contributed by atoms with Crippen molar-refractivity contribution >= 4 is 5.91 Å². The molecule has 1 amide bonds. The summed E-state index contributed by atoms with van der Waals surface area (Å²) in [5, 5.41) is 3.00. The van der Waals surface area contributed by atoms with E-state index in [1.807, 2.05) is 67.2 Å². The van der Waals surface area contributed by atoms with Crippen LogP contribution in [0.5, 0.6) is 0 Å². The van der Waals surface area contributed by atoms with Gasteiger partial charge in [0.05, 0.1) is 17.7 Å². The topological polar surface area (TPSA) is 50.2 Å². The molecule has 0 atom stereocenters. The van der Waals surface area contributed by atoms with Gasteiger partial charge in [-0.2, -0.15) is 0 Å². The highest BCUT2D eigenvalue weighted by Crippen LogP contribution is 2.30. The first kappa shape index (κ1) is 18.9. The number of rotatable bonds is 8. The van der Waals surface area contributed by atoms with Gasteiger partial charge in [-0.25, -0.2) is 4.98 Å². The van der Waals surface area contributed by atoms with Gasteiger partial charge in [0.15, 0.2) is 0 Å². The molecule has 27 heavy (non-hydrogen) atoms. The molecule has 2 aromatic carbocycles. The van der Waals surface area contributed by atoms with Crippen molar-refractivity contribution < 1.29 is 4.79 Å². The molecule has 5 nitrogen and oxygen atoms in total. The van der Waals surface area contributed by atoms with E-state index in [1.54, 1.807) is 6.33 Å². The summed E-state index contributed by atoms with van der Waals surface area (Å²) in [5.41, 5.74) is 3.95. The molecule has 0 unspecified atom stereocenters. The van der Waals surface area contributed by atoms with E-state index < -0.39 is 0 Å². The second-order valence-corrected chi connectivity index (χ2v) is 6.81. The summed E-state index contributed by atoms with van der Waals surface area (Å²) in [5.74, 6) is 0.00273. The number of carbonyl (C=O) groups is 1. The Balaban J connectivity index is 1.81. The molecule has 0 saturated carbocycles. The standard InChI is InChI=1S/C22H26N4O/c1-25(2)15-9-14-23-20(27)16-26-17-24-21(18-10-5-3-6-11-18)22(26)19-12-7-4-8-13-19/h3-8,10-13,17H,9,14-16H2,1-2H3,(H,23,27). The minimum atomic E-state index is 0.00273. The van der Waals surface area contributed by atoms with E-state index in [0.29, 0.717) is 6.54 Å². The monoisotopic (exact) mass is 362 g/mol. The van der Waals surface area contributed by atoms with E-state index in [-0.39, 0.29) is 12.5 Å². The predicted octanol–water partition coefficient (Wildman–Crippen LogP) is 3.29. The van der Waals surface area contributed by atoms with Crippen LogP contribution in [0.1, 0.15) is 6.42 Å². The molecule has 3 aromatic rings. The van der Waals surface area contributed by atoms with E-state index in [0.717, 1.165) is 35.5 Å². The van der Waals surface area contributed by atoms with Crippen molar-refractivity contribution in [2.24, 2.45) is 0 Å². The summed E-state index contributed by atoms with van der Waals surface area (Å²) >= 11 is 0. The molecule has 0 aliphatic rings. The lowest BCUT2D eigenvalue weighted by Crippen LogP contribution is -2.30. The third kappa shape index (κ3) is 5.05. The van der Waals surface area contributed by atoms with Gasteiger partial charge in [0, 0.05) is 17.7 Å². The first-order chi connectivity index (χ1) is 13.1. The molecule has 0 aliphatic heterocycles. The maximum absolute atomic E-state index is 12.4. The number of imidazole rings is 1. The average molecular weight is 362 g/mol. The van der Waals surface area contributed by atoms with Gasteiger partial charge in [-0.1, -0.05) is 60.7 Å². The maximum atomic E-state index is 12.4. The highest BCUT2D eigenvalue weighted by molar-refractivity contribution is 5.81. The van der Waals surface area contributed by atoms with E-state index in [1.165, 1.54) is 0 Å². The molecule has 0 aliphatic carbocycles. The Labute approximate surface area is 160 Å². The Bertz CT molecular complexity index is 857. The number of hydrogen-bond acceptors (Lipinski definition) is 3. The lowest BCUT2D eigenvalue weighted by atomic mass is 10.0. The van der Waals surface area contributed by atoms with Gasteiger partial charge in [-0.05, 0) is 27.1 Å². The second kappa shape index (κ2) is 9.14. The Kier molecular flexibility index (Phi) is 6.39. The van der Waals surface area contributed by atoms with Crippen LogP contribution in [0.2, 0.25) is 0 Å². The Hall–Kier alpha value is -2.92. The molecular formula is C22H26N4O. The zero-order valence-corrected chi connectivity index (χ0v) is 15.9. The fraction of sp³-hybridized carbons (Fsp3) is 0.273. The van der Waals surface area contributed by atoms with Crippen LogP contribution >= 0.6 is 0 Å². The highest BCUT2D eigenvalue weighted by Gasteiger charge is 2.16. The van der Waals surface area contributed by atoms with E-state index in [4.69, 9.17) is 0 Å². The fourth-order valence-corrected chi connectivity index (χ4v) is 3.04. The van der Waals surface area contributed by atoms with Gasteiger partial charge in [0.25, 0.3) is 0 Å². The molecule has 3 rings (SSSR count). The predicted molar refractivity (Wildman–Crippen MR) is 109 cm³/mol. The van der Waals surface area contributed by atoms with Crippen molar-refractivity contribution in [2.75, 3.05) is 27.2 Å². The molecule has 1 heterocycles. The van der Waals surface area contributed by atoms with Gasteiger partial charge in [-0.3, -0.25) is 4.79 Å². The first-order valence-electron chi connectivity index (χ1n) is 9.22. The average Bonchev–Trinajstić information content (AvgIpc) is 3.10. The number of nitrogens with one attached hydrogen (secondary N) is 1. The number of aromatic nitrogens is 2. The van der Waals surface area contributed by atoms with Crippen molar-refractivity contribution in [1.29, 1.82) is 0 Å². The summed E-state index contributed by atoms with van der Waals surface area (Å²) in [4.78, 5) is 19.1. The van der Waals surface area contributed by atoms with Crippen molar-refractivity contribution in [3.05, 3.63) is 67.0 Å². The fourth-order valence-electron chi connectivity index (χ4n) is 3.04. The van der Waals surface area contributed by atoms with E-state index in [2.05, 4.69) is 27.3 Å². The number of amides is 1. The van der Waals surface area contributed by atoms with Crippen LogP contribution in [0, 0.1) is 0 Å². The Morgan fingerprint density at radius 1 is 1.00 bits per heavy atom. The molecular weight excluding hydrogens is 336 g/mol. The highest BCUT2D eigenvalue weighted by atomic mass is 16.1. The van der Waals surface area contributed by atoms with E-state index >= 15 is 0 Å². The maximum Gasteiger partial charge on any atom is 0.239 e. The molecule has 0 radical (unpaired) electrons. The van der Waals surface area contributed by atoms with Crippen molar-refractivity contribution in [2.45, 2.75) is 13.0 Å². The number of carbonyl (C=O) groups excluding carboxylic acids is 1. The largest absolute Gasteiger partial charge is 0.355 e. The van der Waals surface area contributed by atoms with Crippen molar-refractivity contribution in [3.8, 4) is 22.5 Å². The van der Waals surface area contributed by atoms with Crippen LogP contribution in [0.3, 0.4) is 0 Å². The van der Waals surface area contributed by atoms with Gasteiger partial charge >= 0.3 is 0 Å². The molecule has 0 fully saturated rings. The van der Waals surface area contributed by atoms with Crippen molar-refractivity contribution in [3.63, 3.8) is 0 Å². The van der Waals surface area contributed by atoms with Crippen LogP contribution in [0.25, 0.3) is 22.5 Å². The second-order valence-electron chi connectivity index (χ2n) is 6.81. The molecule has 140 valence electrons. The summed E-state index contributed by atoms with van der Waals surface area (Å²) in [6.07, 6.45) is 2.69. The van der Waals surface area contributed by atoms with Crippen LogP contribution in [-0.4, -0.2) is 47.5 Å². The number of benzene rings is 2. The minimum Gasteiger partial charge on any atom is -0.355 e. The third-order valence-corrected chi connectivity index (χ3v) is 4.35. The molecule has 1 N–H and O–H groups in total. The van der Waals surface area contributed by atoms with Gasteiger partial charge in [0.2, 0.25) is 5.91 Å². The Morgan fingerprint density at radius 3 is 2.26 bits per heavy atom. The summed E-state index contributed by atoms with van der Waals surface area (Å²) in [6, 6.07) is 20.2. The number of nitrogens with zero attached hydrogens (tertiary/aromatic N) is 3. The summed E-state index contributed by atoms with van der Waals surface area (Å²) < 4.78 is 1.93. The van der Waals surface area contributed by atoms with Gasteiger partial charge < -0.3 is 14.8 Å². The van der Waals surface area contributed by atoms with E-state index in [9.17, 15) is 4.79 Å². The smallest absolute Gasteiger partial charge is 0.239 e. The van der Waals surface area contributed by atoms with Crippen LogP contribution in [0.4, 0.5) is 0 Å². The molecule has 0 saturated heterocycles. The molecule has 0 bridgehead atoms. The zero-order chi connectivity index (χ0) is 19.1. The SMILES string of the molecule is CN(C)CCCNC(=O)Cn1cnc(-c2ccccc2)c1-c1ccccc1. The molecule has 1 aromatic heterocycles. The first-order valence-corrected chi connectivity index (χ1v) is 9.22. The normalized spacial score (nSPS) is 10.9. The van der Waals surface area contributed by atoms with Crippen molar-refractivity contribution in [1.82, 2.24) is 19.8 Å². The molecule has 5 heteroatoms. The van der Waals surface area contributed by atoms with Crippen LogP contribution in [0.15, 0.2) is 67.0 Å². The van der Waals surface area contributed by atoms with Crippen LogP contribution < -0.4 is 5.32 Å². The third-order valence-electron chi connectivity index (χ3n) is 4.35. The Morgan fingerprint density at radius 2 is 1.63 bits per heavy atom. The molecule has 0 spiro atoms. The summed E-state index contributed by atoms with van der Waals surface area (Å²) in [7, 11) is 4.06. The minimum absolute atomic E-state index is 0.00273. The summed E-state index contributed by atoms with van der Waals surface area (Å²) in [6.45, 7) is 1.89. The lowest BCUT2D eigenvalue weighted by molar-refractivity contribution is -0.121. The van der Waals surface area contributed by atoms with Crippen LogP contribution in [-0.2, 0) is 11.3 Å². The van der Waals surface area contributed by atoms with Gasteiger partial charge in [-0.15, -0.1) is 0 Å². The number of hydrogen-bond donors (Lipinski definition) is 1. The quantitative estimate of drug-likeness (QED) is 0.626. The zero-order valence-electron chi connectivity index (χ0n) is 15.9. The van der Waals surface area contributed by atoms with Gasteiger partial charge in [0.1, 0.15) is 6.54 Å². The lowest BCUT2D eigenvalue weighted by Gasteiger charge is -2.12.